The Bertz CT molecular complexity index is 1020. The molecule has 146 valence electrons. The normalized spacial score (nSPS) is 14.4. The summed E-state index contributed by atoms with van der Waals surface area (Å²) in [4.78, 5) is 0.745. The van der Waals surface area contributed by atoms with Crippen molar-refractivity contribution in [1.82, 2.24) is 0 Å². The summed E-state index contributed by atoms with van der Waals surface area (Å²) < 4.78 is 44.4. The Hall–Kier alpha value is 1.18. The van der Waals surface area contributed by atoms with E-state index in [0.717, 1.165) is 15.9 Å². The van der Waals surface area contributed by atoms with Gasteiger partial charge < -0.3 is 11.0 Å². The molecule has 0 saturated heterocycles. The Morgan fingerprint density at radius 3 is 1.38 bits per heavy atom. The van der Waals surface area contributed by atoms with Gasteiger partial charge in [0, 0.05) is 116 Å². The molecule has 0 aromatic heterocycles. The molecule has 0 saturated carbocycles. The Labute approximate surface area is 259 Å². The summed E-state index contributed by atoms with van der Waals surface area (Å²) >= 11 is 0. The van der Waals surface area contributed by atoms with E-state index in [4.69, 9.17) is 0 Å². The van der Waals surface area contributed by atoms with E-state index in [2.05, 4.69) is 0 Å². The largest absolute Gasteiger partial charge is 0.412 e. The van der Waals surface area contributed by atoms with Crippen LogP contribution in [0.1, 0.15) is 12.8 Å². The van der Waals surface area contributed by atoms with Crippen LogP contribution >= 0.6 is 7.92 Å². The Morgan fingerprint density at radius 2 is 1.07 bits per heavy atom. The van der Waals surface area contributed by atoms with Crippen molar-refractivity contribution < 1.29 is 27.8 Å². The van der Waals surface area contributed by atoms with Crippen LogP contribution in [-0.2, 0) is 20.6 Å². The molecule has 1 aromatic rings. The first-order valence-corrected chi connectivity index (χ1v) is 11.1. The predicted molar refractivity (Wildman–Crippen MR) is 123 cm³/mol. The topological polar surface area (TPSA) is 131 Å². The second-order valence-corrected chi connectivity index (χ2v) is 9.61. The first-order valence-electron chi connectivity index (χ1n) is 7.58. The van der Waals surface area contributed by atoms with E-state index in [0.29, 0.717) is 22.6 Å². The average Bonchev–Trinajstić information content (AvgIpc) is 2.64. The summed E-state index contributed by atoms with van der Waals surface area (Å²) in [7, 11) is -5.24. The van der Waals surface area contributed by atoms with Crippen LogP contribution in [0.25, 0.3) is 0 Å². The van der Waals surface area contributed by atoms with Crippen LogP contribution in [0, 0.1) is 0 Å². The van der Waals surface area contributed by atoms with Gasteiger partial charge in [-0.15, -0.1) is 0 Å². The molecular weight excluding hydrogens is 485 g/mol. The van der Waals surface area contributed by atoms with E-state index >= 15 is 0 Å². The molecule has 2 aliphatic rings. The van der Waals surface area contributed by atoms with Crippen molar-refractivity contribution in [2.24, 2.45) is 0 Å². The van der Waals surface area contributed by atoms with Crippen LogP contribution in [0.4, 0.5) is 0 Å². The van der Waals surface area contributed by atoms with Gasteiger partial charge in [-0.2, -0.15) is 16.8 Å². The Balaban J connectivity index is 0. The SMILES string of the molecule is O.O.O=S(=O)=C1C=CC(P(C2=CCC(=S(=O)=O)C=C2)c2ccccc2)=CC1.[K].[K]. The minimum absolute atomic E-state index is 0. The van der Waals surface area contributed by atoms with E-state index in [1.165, 1.54) is 0 Å². The molecule has 0 unspecified atom stereocenters. The molecule has 2 radical (unpaired) electrons. The van der Waals surface area contributed by atoms with Gasteiger partial charge in [-0.05, 0) is 36.0 Å². The molecule has 0 heterocycles. The molecular formula is C18H19K2O6PS2. The van der Waals surface area contributed by atoms with Gasteiger partial charge in [-0.3, -0.25) is 0 Å². The van der Waals surface area contributed by atoms with Crippen molar-refractivity contribution in [2.45, 2.75) is 12.8 Å². The Morgan fingerprint density at radius 1 is 0.655 bits per heavy atom. The maximum Gasteiger partial charge on any atom is 0.217 e. The van der Waals surface area contributed by atoms with Crippen LogP contribution in [0.5, 0.6) is 0 Å². The number of hydrogen-bond acceptors (Lipinski definition) is 4. The molecule has 0 atom stereocenters. The van der Waals surface area contributed by atoms with Crippen molar-refractivity contribution in [3.05, 3.63) is 77.4 Å². The molecule has 0 fully saturated rings. The zero-order chi connectivity index (χ0) is 17.8. The molecule has 0 bridgehead atoms. The number of rotatable bonds is 3. The summed E-state index contributed by atoms with van der Waals surface area (Å²) in [5.41, 5.74) is 0. The minimum Gasteiger partial charge on any atom is -0.412 e. The van der Waals surface area contributed by atoms with Crippen molar-refractivity contribution in [2.75, 3.05) is 0 Å². The smallest absolute Gasteiger partial charge is 0.217 e. The Kier molecular flexibility index (Phi) is 17.7. The number of hydrogen-bond donors (Lipinski definition) is 0. The minimum atomic E-state index is -2.20. The van der Waals surface area contributed by atoms with Gasteiger partial charge in [-0.1, -0.05) is 54.6 Å². The van der Waals surface area contributed by atoms with Crippen LogP contribution in [0.2, 0.25) is 0 Å². The molecule has 6 nitrogen and oxygen atoms in total. The van der Waals surface area contributed by atoms with Crippen molar-refractivity contribution in [3.8, 4) is 0 Å². The van der Waals surface area contributed by atoms with E-state index < -0.39 is 28.5 Å². The van der Waals surface area contributed by atoms with E-state index in [1.54, 1.807) is 12.2 Å². The van der Waals surface area contributed by atoms with E-state index in [-0.39, 0.29) is 114 Å². The van der Waals surface area contributed by atoms with Crippen molar-refractivity contribution >= 4 is 146 Å². The quantitative estimate of drug-likeness (QED) is 0.330. The number of benzene rings is 1. The first-order chi connectivity index (χ1) is 12.1. The molecule has 0 amide bonds. The molecule has 3 rings (SSSR count). The van der Waals surface area contributed by atoms with Gasteiger partial charge in [0.25, 0.3) is 0 Å². The summed E-state index contributed by atoms with van der Waals surface area (Å²) in [5, 5.41) is 3.28. The third-order valence-corrected chi connectivity index (χ3v) is 7.84. The van der Waals surface area contributed by atoms with Gasteiger partial charge in [0.1, 0.15) is 0 Å². The molecule has 0 spiro atoms. The maximum atomic E-state index is 11.1. The van der Waals surface area contributed by atoms with Gasteiger partial charge in [0.15, 0.2) is 0 Å². The molecule has 4 N–H and O–H groups in total. The van der Waals surface area contributed by atoms with E-state index in [1.807, 2.05) is 54.6 Å². The van der Waals surface area contributed by atoms with Gasteiger partial charge >= 0.3 is 0 Å². The van der Waals surface area contributed by atoms with Gasteiger partial charge in [0.2, 0.25) is 20.6 Å². The predicted octanol–water partition coefficient (Wildman–Crippen LogP) is 0.173. The van der Waals surface area contributed by atoms with Crippen LogP contribution in [-0.4, -0.2) is 140 Å². The first kappa shape index (κ1) is 32.4. The molecule has 2 aliphatic carbocycles. The van der Waals surface area contributed by atoms with Gasteiger partial charge in [-0.25, -0.2) is 0 Å². The fraction of sp³-hybridized carbons (Fsp3) is 0.111. The zero-order valence-corrected chi connectivity index (χ0v) is 24.9. The van der Waals surface area contributed by atoms with Crippen molar-refractivity contribution in [1.29, 1.82) is 0 Å². The summed E-state index contributed by atoms with van der Waals surface area (Å²) in [6.45, 7) is 0. The fourth-order valence-electron chi connectivity index (χ4n) is 2.64. The molecule has 1 aromatic carbocycles. The summed E-state index contributed by atoms with van der Waals surface area (Å²) in [6, 6.07) is 9.99. The van der Waals surface area contributed by atoms with E-state index in [9.17, 15) is 16.8 Å². The maximum absolute atomic E-state index is 11.1. The summed E-state index contributed by atoms with van der Waals surface area (Å²) in [5.74, 6) is 0. The standard InChI is InChI=1S/C18H15O4PS2.2K.2H2O/c19-24(20)17-10-6-15(7-11-17)23(14-4-2-1-3-5-14)16-8-12-18(13-9-16)25(21)22;;;;/h1-10,12H,11,13H2;;;2*1H2. The van der Waals surface area contributed by atoms with Crippen LogP contribution in [0.3, 0.4) is 0 Å². The molecule has 0 aliphatic heterocycles. The zero-order valence-electron chi connectivity index (χ0n) is 16.2. The molecule has 29 heavy (non-hydrogen) atoms. The summed E-state index contributed by atoms with van der Waals surface area (Å²) in [6.07, 6.45) is 11.7. The fourth-order valence-corrected chi connectivity index (χ4v) is 5.80. The van der Waals surface area contributed by atoms with Crippen LogP contribution < -0.4 is 5.30 Å². The van der Waals surface area contributed by atoms with Gasteiger partial charge in [0.05, 0.1) is 9.73 Å². The van der Waals surface area contributed by atoms with Crippen molar-refractivity contribution in [3.63, 3.8) is 0 Å². The molecule has 11 heteroatoms. The second-order valence-electron chi connectivity index (χ2n) is 5.41. The third-order valence-electron chi connectivity index (χ3n) is 3.86. The third kappa shape index (κ3) is 8.91. The average molecular weight is 505 g/mol. The number of allylic oxidation sites excluding steroid dienone is 8. The monoisotopic (exact) mass is 504 g/mol. The second kappa shape index (κ2) is 15.9. The van der Waals surface area contributed by atoms with Crippen LogP contribution in [0.15, 0.2) is 77.4 Å².